The summed E-state index contributed by atoms with van der Waals surface area (Å²) in [6.07, 6.45) is -3.69. The van der Waals surface area contributed by atoms with E-state index in [1.807, 2.05) is 6.07 Å². The van der Waals surface area contributed by atoms with Crippen LogP contribution < -0.4 is 5.63 Å². The maximum Gasteiger partial charge on any atom is 0.335 e. The Morgan fingerprint density at radius 3 is 2.29 bits per heavy atom. The molecule has 49 heavy (non-hydrogen) atoms. The van der Waals surface area contributed by atoms with Crippen LogP contribution in [0.5, 0.6) is 0 Å². The van der Waals surface area contributed by atoms with E-state index in [0.29, 0.717) is 18.8 Å². The Balaban J connectivity index is 1.01. The Hall–Kier alpha value is -1.75. The molecule has 274 valence electrons. The number of fused-ring (bicyclic) bond motifs is 5. The van der Waals surface area contributed by atoms with Crippen molar-refractivity contribution in [2.45, 2.75) is 151 Å². The minimum absolute atomic E-state index is 0.110. The topological polar surface area (TPSA) is 209 Å². The monoisotopic (exact) mass is 692 g/mol. The van der Waals surface area contributed by atoms with E-state index in [1.165, 1.54) is 11.6 Å². The zero-order valence-corrected chi connectivity index (χ0v) is 28.3. The van der Waals surface area contributed by atoms with Gasteiger partial charge >= 0.3 is 5.63 Å². The third-order valence-corrected chi connectivity index (χ3v) is 13.6. The minimum Gasteiger partial charge on any atom is -0.431 e. The Morgan fingerprint density at radius 2 is 1.57 bits per heavy atom. The molecule has 2 saturated heterocycles. The predicted octanol–water partition coefficient (Wildman–Crippen LogP) is 0.838. The molecule has 7 rings (SSSR count). The van der Waals surface area contributed by atoms with E-state index in [0.717, 1.165) is 44.1 Å². The van der Waals surface area contributed by atoms with Gasteiger partial charge < -0.3 is 59.1 Å². The molecule has 0 aromatic carbocycles. The summed E-state index contributed by atoms with van der Waals surface area (Å²) in [5.74, 6) is 0.572. The number of aliphatic hydroxyl groups is 7. The van der Waals surface area contributed by atoms with Crippen molar-refractivity contribution in [3.8, 4) is 0 Å². The molecule has 4 aliphatic carbocycles. The zero-order valence-electron chi connectivity index (χ0n) is 28.3. The van der Waals surface area contributed by atoms with Crippen molar-refractivity contribution in [3.05, 3.63) is 46.0 Å². The van der Waals surface area contributed by atoms with Gasteiger partial charge in [0, 0.05) is 11.5 Å². The summed E-state index contributed by atoms with van der Waals surface area (Å²) >= 11 is 0. The maximum absolute atomic E-state index is 12.5. The van der Waals surface area contributed by atoms with Gasteiger partial charge in [-0.25, -0.2) is 4.79 Å². The Labute approximate surface area is 285 Å². The van der Waals surface area contributed by atoms with Crippen LogP contribution in [0, 0.1) is 22.7 Å². The fourth-order valence-electron chi connectivity index (χ4n) is 10.7. The molecular weight excluding hydrogens is 640 g/mol. The van der Waals surface area contributed by atoms with Crippen LogP contribution in [-0.4, -0.2) is 115 Å². The van der Waals surface area contributed by atoms with Gasteiger partial charge in [-0.3, -0.25) is 0 Å². The van der Waals surface area contributed by atoms with Gasteiger partial charge in [0.05, 0.1) is 30.7 Å². The van der Waals surface area contributed by atoms with E-state index in [1.54, 1.807) is 13.2 Å². The highest BCUT2D eigenvalue weighted by Gasteiger charge is 2.67. The standard InChI is InChI=1S/C36H52O13/c1-17-31(49-33-29(42)27(40)26(39)24(15-37)48-33)28(41)30(43)32(46-17)47-20-8-11-34(2)19(14-20)5-6-23-22(34)9-12-35(3)21(10-13-36(23,35)44)18-4-7-25(38)45-16-18/h4,7,14,16-17,20-24,26-33,37,39-44H,5-6,8-13,15H2,1-3H3/t17-,20+,21-,22?,23?,24-,26-,27+,28-,29-,30+,31-,32-,33+,34+,35-,36+/m1/s1. The van der Waals surface area contributed by atoms with Crippen molar-refractivity contribution in [2.24, 2.45) is 22.7 Å². The highest BCUT2D eigenvalue weighted by molar-refractivity contribution is 5.31. The molecule has 0 amide bonds. The molecule has 7 N–H and O–H groups in total. The van der Waals surface area contributed by atoms with Crippen LogP contribution in [-0.2, 0) is 18.9 Å². The molecule has 1 aromatic heterocycles. The fraction of sp³-hybridized carbons (Fsp3) is 0.806. The molecule has 17 atom stereocenters. The predicted molar refractivity (Wildman–Crippen MR) is 171 cm³/mol. The summed E-state index contributed by atoms with van der Waals surface area (Å²) in [6.45, 7) is 5.53. The molecular formula is C36H52O13. The van der Waals surface area contributed by atoms with Crippen molar-refractivity contribution >= 4 is 0 Å². The van der Waals surface area contributed by atoms with Crippen molar-refractivity contribution in [1.82, 2.24) is 0 Å². The molecule has 2 aliphatic heterocycles. The first-order valence-electron chi connectivity index (χ1n) is 17.9. The summed E-state index contributed by atoms with van der Waals surface area (Å²) < 4.78 is 28.7. The number of hydrogen-bond acceptors (Lipinski definition) is 13. The lowest BCUT2D eigenvalue weighted by atomic mass is 9.45. The highest BCUT2D eigenvalue weighted by Crippen LogP contribution is 2.70. The van der Waals surface area contributed by atoms with Gasteiger partial charge in [0.2, 0.25) is 0 Å². The maximum atomic E-state index is 12.5. The van der Waals surface area contributed by atoms with E-state index in [2.05, 4.69) is 19.9 Å². The first-order chi connectivity index (χ1) is 23.2. The second-order valence-corrected chi connectivity index (χ2v) is 15.9. The fourth-order valence-corrected chi connectivity index (χ4v) is 10.7. The molecule has 3 heterocycles. The zero-order chi connectivity index (χ0) is 35.0. The number of aliphatic hydroxyl groups excluding tert-OH is 6. The van der Waals surface area contributed by atoms with E-state index in [9.17, 15) is 40.5 Å². The van der Waals surface area contributed by atoms with Gasteiger partial charge in [-0.2, -0.15) is 0 Å². The second kappa shape index (κ2) is 13.0. The molecule has 6 aliphatic rings. The highest BCUT2D eigenvalue weighted by atomic mass is 16.7. The van der Waals surface area contributed by atoms with Gasteiger partial charge in [0.25, 0.3) is 0 Å². The Bertz CT molecular complexity index is 1430. The van der Waals surface area contributed by atoms with Crippen LogP contribution in [0.1, 0.15) is 83.6 Å². The van der Waals surface area contributed by atoms with Crippen LogP contribution in [0.3, 0.4) is 0 Å². The largest absolute Gasteiger partial charge is 0.431 e. The normalized spacial score (nSPS) is 51.3. The molecule has 0 bridgehead atoms. The quantitative estimate of drug-likeness (QED) is 0.207. The van der Waals surface area contributed by atoms with Crippen molar-refractivity contribution in [1.29, 1.82) is 0 Å². The summed E-state index contributed by atoms with van der Waals surface area (Å²) in [5, 5.41) is 74.7. The molecule has 0 radical (unpaired) electrons. The summed E-state index contributed by atoms with van der Waals surface area (Å²) in [7, 11) is 0. The summed E-state index contributed by atoms with van der Waals surface area (Å²) in [5.41, 5.74) is 0.655. The van der Waals surface area contributed by atoms with Crippen molar-refractivity contribution < 1.29 is 59.1 Å². The molecule has 5 fully saturated rings. The average molecular weight is 693 g/mol. The lowest BCUT2D eigenvalue weighted by Gasteiger charge is -2.62. The SMILES string of the molecule is C[C@H]1O[C@H](O[C@@H]2C=C3CCC4C(CC[C@]5(C)[C@@H](c6ccc(=O)oc6)CC[C@]45O)[C@@]3(C)CC2)[C@@H](O)[C@@H](O)[C@@H]1O[C@@H]1O[C@H](CO)[C@@H](O)[C@H](O)[C@H]1O. The van der Waals surface area contributed by atoms with E-state index < -0.39 is 73.6 Å². The van der Waals surface area contributed by atoms with Gasteiger partial charge in [-0.15, -0.1) is 0 Å². The minimum atomic E-state index is -1.66. The lowest BCUT2D eigenvalue weighted by Crippen LogP contribution is -2.64. The van der Waals surface area contributed by atoms with E-state index in [4.69, 9.17) is 23.4 Å². The van der Waals surface area contributed by atoms with Crippen LogP contribution in [0.15, 0.2) is 39.3 Å². The van der Waals surface area contributed by atoms with Crippen LogP contribution >= 0.6 is 0 Å². The number of rotatable bonds is 6. The molecule has 0 spiro atoms. The van der Waals surface area contributed by atoms with Gasteiger partial charge in [-0.05, 0) is 93.1 Å². The van der Waals surface area contributed by atoms with Crippen molar-refractivity contribution in [2.75, 3.05) is 6.61 Å². The molecule has 13 heteroatoms. The van der Waals surface area contributed by atoms with E-state index in [-0.39, 0.29) is 34.4 Å². The second-order valence-electron chi connectivity index (χ2n) is 15.9. The van der Waals surface area contributed by atoms with Gasteiger partial charge in [0.15, 0.2) is 12.6 Å². The van der Waals surface area contributed by atoms with Crippen LogP contribution in [0.4, 0.5) is 0 Å². The number of allylic oxidation sites excluding steroid dienone is 1. The smallest absolute Gasteiger partial charge is 0.335 e. The molecule has 2 unspecified atom stereocenters. The van der Waals surface area contributed by atoms with Crippen molar-refractivity contribution in [3.63, 3.8) is 0 Å². The summed E-state index contributed by atoms with van der Waals surface area (Å²) in [4.78, 5) is 11.6. The number of ether oxygens (including phenoxy) is 4. The van der Waals surface area contributed by atoms with Gasteiger partial charge in [0.1, 0.15) is 42.7 Å². The van der Waals surface area contributed by atoms with Crippen LogP contribution in [0.2, 0.25) is 0 Å². The molecule has 13 nitrogen and oxygen atoms in total. The Kier molecular flexibility index (Phi) is 9.48. The third kappa shape index (κ3) is 5.68. The van der Waals surface area contributed by atoms with E-state index >= 15 is 0 Å². The van der Waals surface area contributed by atoms with Gasteiger partial charge in [-0.1, -0.05) is 25.5 Å². The molecule has 3 saturated carbocycles. The Morgan fingerprint density at radius 1 is 0.837 bits per heavy atom. The first kappa shape index (κ1) is 35.6. The molecule has 1 aromatic rings. The number of hydrogen-bond donors (Lipinski definition) is 7. The summed E-state index contributed by atoms with van der Waals surface area (Å²) in [6, 6.07) is 3.32. The van der Waals surface area contributed by atoms with Crippen LogP contribution in [0.25, 0.3) is 0 Å². The first-order valence-corrected chi connectivity index (χ1v) is 17.9. The lowest BCUT2D eigenvalue weighted by molar-refractivity contribution is -0.357. The third-order valence-electron chi connectivity index (χ3n) is 13.6. The average Bonchev–Trinajstić information content (AvgIpc) is 3.36.